The number of hydrogen-bond acceptors (Lipinski definition) is 8. The van der Waals surface area contributed by atoms with Crippen molar-refractivity contribution in [3.8, 4) is 0 Å². The molecule has 0 fully saturated rings. The van der Waals surface area contributed by atoms with Crippen LogP contribution in [-0.2, 0) is 28.4 Å². The summed E-state index contributed by atoms with van der Waals surface area (Å²) in [4.78, 5) is 0. The van der Waals surface area contributed by atoms with Gasteiger partial charge in [-0.1, -0.05) is 0 Å². The first-order valence-corrected chi connectivity index (χ1v) is 15.7. The Kier molecular flexibility index (Phi) is 7.32. The molecule has 0 saturated heterocycles. The van der Waals surface area contributed by atoms with Gasteiger partial charge >= 0.3 is 44.0 Å². The molecule has 0 aromatic rings. The van der Waals surface area contributed by atoms with Crippen LogP contribution in [0.2, 0.25) is 0 Å². The summed E-state index contributed by atoms with van der Waals surface area (Å²) in [7, 11) is -12.6. The summed E-state index contributed by atoms with van der Waals surface area (Å²) in [6, 6.07) is 0. The summed E-state index contributed by atoms with van der Waals surface area (Å²) in [6.07, 6.45) is 0. The van der Waals surface area contributed by atoms with Gasteiger partial charge in [0.2, 0.25) is 0 Å². The minimum atomic E-state index is -6.79. The van der Waals surface area contributed by atoms with Crippen molar-refractivity contribution in [3.05, 3.63) is 0 Å². The fourth-order valence-corrected chi connectivity index (χ4v) is 12.8. The number of halogens is 10. The van der Waals surface area contributed by atoms with E-state index >= 15 is 0 Å². The molecule has 1 heterocycles. The number of nitrogens with zero attached hydrogens (tertiary/aromatic N) is 3. The smallest absolute Gasteiger partial charge is 0.370 e. The van der Waals surface area contributed by atoms with Gasteiger partial charge in [-0.2, -0.15) is 47.7 Å². The zero-order valence-corrected chi connectivity index (χ0v) is 19.3. The molecule has 0 radical (unpaired) electrons. The number of hydrogen-bond donors (Lipinski definition) is 0. The van der Waals surface area contributed by atoms with Crippen LogP contribution < -0.4 is 0 Å². The standard InChI is InChI=1S/C4H6BCl4F6N3O6P2S2/c1-17-5(23-27(19,20)3(10,11)12,24-28(21,22)4(13,14)15)18(2)26(8,9)16-25(17,6)7/h1-2H3. The Bertz CT molecular complexity index is 941. The number of alkyl halides is 6. The van der Waals surface area contributed by atoms with Crippen LogP contribution >= 0.6 is 56.8 Å². The topological polar surface area (TPSA) is 105 Å². The average molecular weight is 585 g/mol. The van der Waals surface area contributed by atoms with Gasteiger partial charge in [0, 0.05) is 22.5 Å². The SMILES string of the molecule is CN1[B-](OS(=O)(=O)C(F)(F)F)(OS(=O)(=O)C(F)(F)F)[N+](C)=P(Cl)(Cl)N=P1(Cl)Cl. The predicted octanol–water partition coefficient (Wildman–Crippen LogP) is 4.59. The lowest BCUT2D eigenvalue weighted by Gasteiger charge is -2.45. The Labute approximate surface area is 173 Å². The van der Waals surface area contributed by atoms with Gasteiger partial charge in [0.1, 0.15) is 0 Å². The molecule has 0 N–H and O–H groups in total. The lowest BCUT2D eigenvalue weighted by Crippen LogP contribution is -2.65. The van der Waals surface area contributed by atoms with E-state index in [2.05, 4.69) is 12.7 Å². The molecule has 0 aromatic heterocycles. The van der Waals surface area contributed by atoms with Crippen molar-refractivity contribution in [1.82, 2.24) is 4.58 Å². The van der Waals surface area contributed by atoms with E-state index in [9.17, 15) is 43.2 Å². The molecule has 9 nitrogen and oxygen atoms in total. The molecule has 1 rings (SSSR count). The first-order chi connectivity index (χ1) is 11.9. The Hall–Kier alpha value is 1.04. The van der Waals surface area contributed by atoms with Crippen molar-refractivity contribution in [2.75, 3.05) is 14.1 Å². The van der Waals surface area contributed by atoms with Crippen LogP contribution in [0.3, 0.4) is 0 Å². The normalized spacial score (nSPS) is 23.4. The summed E-state index contributed by atoms with van der Waals surface area (Å²) < 4.78 is 133. The zero-order valence-electron chi connectivity index (χ0n) is 12.9. The highest BCUT2D eigenvalue weighted by Gasteiger charge is 2.67. The van der Waals surface area contributed by atoms with Crippen LogP contribution in [0.1, 0.15) is 0 Å². The predicted molar refractivity (Wildman–Crippen MR) is 91.5 cm³/mol. The Morgan fingerprint density at radius 2 is 1.25 bits per heavy atom. The fourth-order valence-electron chi connectivity index (χ4n) is 1.55. The third-order valence-electron chi connectivity index (χ3n) is 2.99. The van der Waals surface area contributed by atoms with E-state index in [-0.39, 0.29) is 8.82 Å². The summed E-state index contributed by atoms with van der Waals surface area (Å²) in [5.41, 5.74) is -12.4. The third kappa shape index (κ3) is 4.92. The minimum absolute atomic E-state index is 0.0638. The molecular formula is C4H6BCl4F6N3O6P2S2. The minimum Gasteiger partial charge on any atom is -0.370 e. The van der Waals surface area contributed by atoms with Crippen molar-refractivity contribution < 1.29 is 55.6 Å². The lowest BCUT2D eigenvalue weighted by atomic mass is 9.92. The van der Waals surface area contributed by atoms with Crippen LogP contribution in [0.4, 0.5) is 26.3 Å². The molecular weight excluding hydrogens is 579 g/mol. The highest BCUT2D eigenvalue weighted by molar-refractivity contribution is 8.18. The Morgan fingerprint density at radius 3 is 1.54 bits per heavy atom. The molecule has 28 heavy (non-hydrogen) atoms. The van der Waals surface area contributed by atoms with Gasteiger partial charge in [0.05, 0.1) is 7.05 Å². The molecule has 0 bridgehead atoms. The van der Waals surface area contributed by atoms with E-state index < -0.39 is 49.9 Å². The van der Waals surface area contributed by atoms with Gasteiger partial charge < -0.3 is 12.4 Å². The van der Waals surface area contributed by atoms with E-state index in [1.807, 2.05) is 0 Å². The molecule has 1 aliphatic heterocycles. The largest absolute Gasteiger partial charge is 0.659 e. The monoisotopic (exact) mass is 583 g/mol. The van der Waals surface area contributed by atoms with Crippen LogP contribution in [0.25, 0.3) is 0 Å². The van der Waals surface area contributed by atoms with Crippen LogP contribution in [0, 0.1) is 0 Å². The molecule has 168 valence electrons. The Balaban J connectivity index is 3.97. The first kappa shape index (κ1) is 27.1. The summed E-state index contributed by atoms with van der Waals surface area (Å²) in [5.74, 6) is -8.65. The van der Waals surface area contributed by atoms with Crippen molar-refractivity contribution in [2.45, 2.75) is 11.0 Å². The molecule has 0 unspecified atom stereocenters. The van der Waals surface area contributed by atoms with Crippen molar-refractivity contribution in [2.24, 2.45) is 4.52 Å². The summed E-state index contributed by atoms with van der Waals surface area (Å²) in [6.45, 7) is -5.02. The maximum absolute atomic E-state index is 12.8. The first-order valence-electron chi connectivity index (χ1n) is 5.90. The van der Waals surface area contributed by atoms with Crippen LogP contribution in [0.5, 0.6) is 0 Å². The van der Waals surface area contributed by atoms with Crippen LogP contribution in [0.15, 0.2) is 4.52 Å². The highest BCUT2D eigenvalue weighted by atomic mass is 35.9. The summed E-state index contributed by atoms with van der Waals surface area (Å²) in [5, 5.41) is 0. The highest BCUT2D eigenvalue weighted by Crippen LogP contribution is 2.78. The second kappa shape index (κ2) is 7.57. The molecule has 0 aliphatic carbocycles. The molecule has 0 atom stereocenters. The molecule has 0 spiro atoms. The van der Waals surface area contributed by atoms with Gasteiger partial charge in [-0.05, 0) is 29.5 Å². The van der Waals surface area contributed by atoms with Crippen LogP contribution in [-0.4, -0.2) is 57.6 Å². The summed E-state index contributed by atoms with van der Waals surface area (Å²) >= 11 is 22.9. The fraction of sp³-hybridized carbons (Fsp3) is 1.00. The van der Waals surface area contributed by atoms with E-state index in [1.165, 1.54) is 0 Å². The van der Waals surface area contributed by atoms with Crippen molar-refractivity contribution in [3.63, 3.8) is 0 Å². The molecule has 0 aromatic carbocycles. The van der Waals surface area contributed by atoms with Crippen molar-refractivity contribution >= 4 is 83.8 Å². The Morgan fingerprint density at radius 1 is 0.929 bits per heavy atom. The van der Waals surface area contributed by atoms with Crippen molar-refractivity contribution in [1.29, 1.82) is 0 Å². The maximum Gasteiger partial charge on any atom is 0.659 e. The molecule has 1 aliphatic rings. The van der Waals surface area contributed by atoms with E-state index in [1.54, 1.807) is 0 Å². The third-order valence-corrected chi connectivity index (χ3v) is 14.3. The number of rotatable bonds is 4. The van der Waals surface area contributed by atoms with Gasteiger partial charge in [0.15, 0.2) is 5.91 Å². The molecule has 0 saturated carbocycles. The molecule has 24 heteroatoms. The van der Waals surface area contributed by atoms with Gasteiger partial charge in [-0.15, -0.1) is 0 Å². The van der Waals surface area contributed by atoms with E-state index in [0.717, 1.165) is 0 Å². The van der Waals surface area contributed by atoms with Gasteiger partial charge in [0.25, 0.3) is 0 Å². The average Bonchev–Trinajstić information content (AvgIpc) is 2.39. The van der Waals surface area contributed by atoms with Gasteiger partial charge in [-0.3, -0.25) is 4.58 Å². The second-order valence-corrected chi connectivity index (χ2v) is 18.4. The maximum atomic E-state index is 12.8. The van der Waals surface area contributed by atoms with Gasteiger partial charge in [-0.25, -0.2) is 0 Å². The second-order valence-electron chi connectivity index (χ2n) is 4.77. The lowest BCUT2D eigenvalue weighted by molar-refractivity contribution is -0.382. The van der Waals surface area contributed by atoms with E-state index in [4.69, 9.17) is 45.0 Å². The molecule has 0 amide bonds. The quantitative estimate of drug-likeness (QED) is 0.206. The zero-order chi connectivity index (χ0) is 22.8. The van der Waals surface area contributed by atoms with E-state index in [0.29, 0.717) is 14.1 Å².